The Bertz CT molecular complexity index is 517. The van der Waals surface area contributed by atoms with Gasteiger partial charge in [-0.25, -0.2) is 9.37 Å². The number of thiazole rings is 1. The number of aliphatic hydroxyl groups excluding tert-OH is 1. The highest BCUT2D eigenvalue weighted by molar-refractivity contribution is 9.10. The average Bonchev–Trinajstić information content (AvgIpc) is 2.64. The van der Waals surface area contributed by atoms with E-state index in [2.05, 4.69) is 36.8 Å². The first-order valence-electron chi connectivity index (χ1n) is 4.32. The molecule has 0 fully saturated rings. The van der Waals surface area contributed by atoms with Crippen molar-refractivity contribution in [3.05, 3.63) is 49.0 Å². The van der Waals surface area contributed by atoms with Crippen LogP contribution < -0.4 is 0 Å². The van der Waals surface area contributed by atoms with E-state index in [1.165, 1.54) is 17.4 Å². The average molecular weight is 367 g/mol. The molecule has 0 saturated carbocycles. The maximum atomic E-state index is 13.6. The molecule has 1 unspecified atom stereocenters. The van der Waals surface area contributed by atoms with Crippen LogP contribution in [-0.2, 0) is 0 Å². The standard InChI is InChI=1S/C10H6Br2FNOS/c11-5-1-2-6(7(13)3-5)9(15)10-14-8(12)4-16-10/h1-4,9,15H. The van der Waals surface area contributed by atoms with E-state index in [9.17, 15) is 9.50 Å². The Balaban J connectivity index is 2.37. The number of aromatic nitrogens is 1. The molecular formula is C10H6Br2FNOS. The van der Waals surface area contributed by atoms with Crippen molar-refractivity contribution in [2.75, 3.05) is 0 Å². The lowest BCUT2D eigenvalue weighted by Gasteiger charge is -2.09. The predicted octanol–water partition coefficient (Wildman–Crippen LogP) is 3.89. The Morgan fingerprint density at radius 3 is 2.69 bits per heavy atom. The fourth-order valence-electron chi connectivity index (χ4n) is 1.25. The van der Waals surface area contributed by atoms with Crippen LogP contribution in [0.1, 0.15) is 16.7 Å². The van der Waals surface area contributed by atoms with E-state index in [1.807, 2.05) is 0 Å². The highest BCUT2D eigenvalue weighted by atomic mass is 79.9. The molecule has 2 nitrogen and oxygen atoms in total. The van der Waals surface area contributed by atoms with Crippen molar-refractivity contribution >= 4 is 43.2 Å². The molecule has 0 bridgehead atoms. The second-order valence-electron chi connectivity index (χ2n) is 3.08. The van der Waals surface area contributed by atoms with Crippen molar-refractivity contribution < 1.29 is 9.50 Å². The van der Waals surface area contributed by atoms with Gasteiger partial charge in [0.25, 0.3) is 0 Å². The van der Waals surface area contributed by atoms with Gasteiger partial charge in [0, 0.05) is 15.4 Å². The lowest BCUT2D eigenvalue weighted by atomic mass is 10.1. The maximum absolute atomic E-state index is 13.6. The summed E-state index contributed by atoms with van der Waals surface area (Å²) in [4.78, 5) is 4.06. The molecule has 1 aromatic heterocycles. The van der Waals surface area contributed by atoms with Gasteiger partial charge in [-0.15, -0.1) is 11.3 Å². The van der Waals surface area contributed by atoms with Crippen LogP contribution in [0, 0.1) is 5.82 Å². The minimum absolute atomic E-state index is 0.227. The van der Waals surface area contributed by atoms with Crippen LogP contribution in [0.3, 0.4) is 0 Å². The van der Waals surface area contributed by atoms with Gasteiger partial charge in [0.2, 0.25) is 0 Å². The van der Waals surface area contributed by atoms with Gasteiger partial charge in [-0.1, -0.05) is 22.0 Å². The van der Waals surface area contributed by atoms with E-state index in [4.69, 9.17) is 0 Å². The zero-order valence-corrected chi connectivity index (χ0v) is 11.8. The SMILES string of the molecule is OC(c1nc(Br)cs1)c1ccc(Br)cc1F. The summed E-state index contributed by atoms with van der Waals surface area (Å²) in [6.07, 6.45) is -1.02. The molecule has 1 heterocycles. The van der Waals surface area contributed by atoms with Gasteiger partial charge in [0.15, 0.2) is 0 Å². The Morgan fingerprint density at radius 1 is 1.38 bits per heavy atom. The second-order valence-corrected chi connectivity index (χ2v) is 5.69. The summed E-state index contributed by atoms with van der Waals surface area (Å²) in [5.41, 5.74) is 0.227. The molecule has 2 aromatic rings. The fourth-order valence-corrected chi connectivity index (χ4v) is 2.85. The van der Waals surface area contributed by atoms with Gasteiger partial charge in [-0.3, -0.25) is 0 Å². The van der Waals surface area contributed by atoms with E-state index in [0.29, 0.717) is 14.1 Å². The number of aliphatic hydroxyl groups is 1. The highest BCUT2D eigenvalue weighted by Crippen LogP contribution is 2.29. The van der Waals surface area contributed by atoms with Gasteiger partial charge >= 0.3 is 0 Å². The summed E-state index contributed by atoms with van der Waals surface area (Å²) in [7, 11) is 0. The van der Waals surface area contributed by atoms with Crippen molar-refractivity contribution in [1.82, 2.24) is 4.98 Å². The molecule has 1 atom stereocenters. The molecule has 0 radical (unpaired) electrons. The molecule has 16 heavy (non-hydrogen) atoms. The highest BCUT2D eigenvalue weighted by Gasteiger charge is 2.18. The number of hydrogen-bond donors (Lipinski definition) is 1. The summed E-state index contributed by atoms with van der Waals surface area (Å²) < 4.78 is 14.9. The maximum Gasteiger partial charge on any atom is 0.133 e. The fraction of sp³-hybridized carbons (Fsp3) is 0.100. The van der Waals surface area contributed by atoms with Gasteiger partial charge < -0.3 is 5.11 Å². The molecule has 0 aliphatic rings. The largest absolute Gasteiger partial charge is 0.381 e. The van der Waals surface area contributed by atoms with E-state index < -0.39 is 11.9 Å². The van der Waals surface area contributed by atoms with Crippen LogP contribution in [0.25, 0.3) is 0 Å². The third-order valence-corrected chi connectivity index (χ3v) is 4.08. The Labute approximate surface area is 112 Å². The molecular weight excluding hydrogens is 361 g/mol. The quantitative estimate of drug-likeness (QED) is 0.874. The minimum Gasteiger partial charge on any atom is -0.381 e. The number of hydrogen-bond acceptors (Lipinski definition) is 3. The first kappa shape index (κ1) is 12.2. The van der Waals surface area contributed by atoms with Crippen molar-refractivity contribution in [3.8, 4) is 0 Å². The smallest absolute Gasteiger partial charge is 0.133 e. The first-order chi connectivity index (χ1) is 7.58. The predicted molar refractivity (Wildman–Crippen MR) is 68.0 cm³/mol. The van der Waals surface area contributed by atoms with Crippen LogP contribution in [0.4, 0.5) is 4.39 Å². The van der Waals surface area contributed by atoms with Gasteiger partial charge in [0.05, 0.1) is 0 Å². The molecule has 0 spiro atoms. The van der Waals surface area contributed by atoms with E-state index in [1.54, 1.807) is 17.5 Å². The molecule has 0 saturated heterocycles. The topological polar surface area (TPSA) is 33.1 Å². The lowest BCUT2D eigenvalue weighted by molar-refractivity contribution is 0.214. The number of halogens is 3. The third-order valence-electron chi connectivity index (χ3n) is 1.98. The summed E-state index contributed by atoms with van der Waals surface area (Å²) in [6, 6.07) is 4.55. The molecule has 0 aliphatic heterocycles. The Kier molecular flexibility index (Phi) is 3.73. The normalized spacial score (nSPS) is 12.8. The van der Waals surface area contributed by atoms with Crippen LogP contribution in [0.15, 0.2) is 32.7 Å². The minimum atomic E-state index is -1.02. The van der Waals surface area contributed by atoms with E-state index in [0.717, 1.165) is 0 Å². The van der Waals surface area contributed by atoms with Crippen molar-refractivity contribution in [3.63, 3.8) is 0 Å². The molecule has 6 heteroatoms. The monoisotopic (exact) mass is 365 g/mol. The molecule has 1 N–H and O–H groups in total. The lowest BCUT2D eigenvalue weighted by Crippen LogP contribution is -2.01. The summed E-state index contributed by atoms with van der Waals surface area (Å²) >= 11 is 7.63. The van der Waals surface area contributed by atoms with Gasteiger partial charge in [-0.2, -0.15) is 0 Å². The van der Waals surface area contributed by atoms with Crippen LogP contribution in [0.5, 0.6) is 0 Å². The summed E-state index contributed by atoms with van der Waals surface area (Å²) in [5.74, 6) is -0.451. The number of nitrogens with zero attached hydrogens (tertiary/aromatic N) is 1. The van der Waals surface area contributed by atoms with Gasteiger partial charge in [0.1, 0.15) is 21.5 Å². The Hall–Kier alpha value is -0.300. The van der Waals surface area contributed by atoms with Gasteiger partial charge in [-0.05, 0) is 28.1 Å². The van der Waals surface area contributed by atoms with Crippen LogP contribution in [0.2, 0.25) is 0 Å². The zero-order chi connectivity index (χ0) is 11.7. The van der Waals surface area contributed by atoms with Crippen molar-refractivity contribution in [2.45, 2.75) is 6.10 Å². The molecule has 0 amide bonds. The zero-order valence-electron chi connectivity index (χ0n) is 7.82. The summed E-state index contributed by atoms with van der Waals surface area (Å²) in [6.45, 7) is 0. The number of benzene rings is 1. The Morgan fingerprint density at radius 2 is 2.12 bits per heavy atom. The van der Waals surface area contributed by atoms with E-state index >= 15 is 0 Å². The second kappa shape index (κ2) is 4.91. The van der Waals surface area contributed by atoms with Crippen LogP contribution in [-0.4, -0.2) is 10.1 Å². The molecule has 84 valence electrons. The van der Waals surface area contributed by atoms with E-state index in [-0.39, 0.29) is 5.56 Å². The summed E-state index contributed by atoms with van der Waals surface area (Å²) in [5, 5.41) is 12.2. The van der Waals surface area contributed by atoms with Crippen molar-refractivity contribution in [2.24, 2.45) is 0 Å². The molecule has 2 rings (SSSR count). The van der Waals surface area contributed by atoms with Crippen LogP contribution >= 0.6 is 43.2 Å². The first-order valence-corrected chi connectivity index (χ1v) is 6.78. The van der Waals surface area contributed by atoms with Crippen molar-refractivity contribution in [1.29, 1.82) is 0 Å². The third kappa shape index (κ3) is 2.51. The number of rotatable bonds is 2. The molecule has 0 aliphatic carbocycles. The molecule has 1 aromatic carbocycles.